The standard InChI is InChI=1S/C36H36Cl2FN3O6S/c1-2-3-18-40-36(44)32(21-25-8-5-4-6-9-25)41(23-29-30(37)10-7-11-31(29)38)35(43)24-42(27-14-12-26(39)13-15-27)49(45,46)28-16-17-33-34(22-28)48-20-19-47-33/h4-17,22,32H,2-3,18-21,23-24H2,1H3,(H,40,44)/t32-/m0/s1. The summed E-state index contributed by atoms with van der Waals surface area (Å²) < 4.78 is 54.8. The van der Waals surface area contributed by atoms with E-state index in [2.05, 4.69) is 5.32 Å². The number of hydrogen-bond donors (Lipinski definition) is 1. The molecule has 0 radical (unpaired) electrons. The van der Waals surface area contributed by atoms with Gasteiger partial charge in [-0.2, -0.15) is 0 Å². The highest BCUT2D eigenvalue weighted by atomic mass is 35.5. The fourth-order valence-corrected chi connectivity index (χ4v) is 7.31. The zero-order chi connectivity index (χ0) is 35.0. The van der Waals surface area contributed by atoms with Crippen molar-refractivity contribution in [3.8, 4) is 11.5 Å². The molecule has 49 heavy (non-hydrogen) atoms. The molecule has 258 valence electrons. The van der Waals surface area contributed by atoms with E-state index < -0.39 is 40.2 Å². The monoisotopic (exact) mass is 727 g/mol. The Kier molecular flexibility index (Phi) is 12.0. The summed E-state index contributed by atoms with van der Waals surface area (Å²) in [6.45, 7) is 2.00. The predicted octanol–water partition coefficient (Wildman–Crippen LogP) is 6.66. The third kappa shape index (κ3) is 8.83. The van der Waals surface area contributed by atoms with Crippen molar-refractivity contribution >= 4 is 50.7 Å². The molecule has 9 nitrogen and oxygen atoms in total. The van der Waals surface area contributed by atoms with E-state index in [9.17, 15) is 22.4 Å². The van der Waals surface area contributed by atoms with Crippen molar-refractivity contribution in [2.75, 3.05) is 30.6 Å². The predicted molar refractivity (Wildman–Crippen MR) is 187 cm³/mol. The number of halogens is 3. The topological polar surface area (TPSA) is 105 Å². The van der Waals surface area contributed by atoms with Gasteiger partial charge < -0.3 is 19.7 Å². The Balaban J connectivity index is 1.59. The lowest BCUT2D eigenvalue weighted by molar-refractivity contribution is -0.140. The molecule has 0 bridgehead atoms. The molecule has 0 spiro atoms. The maximum atomic E-state index is 14.6. The third-order valence-electron chi connectivity index (χ3n) is 7.99. The Morgan fingerprint density at radius 1 is 0.898 bits per heavy atom. The van der Waals surface area contributed by atoms with E-state index in [1.807, 2.05) is 37.3 Å². The average Bonchev–Trinajstić information content (AvgIpc) is 3.10. The summed E-state index contributed by atoms with van der Waals surface area (Å²) in [5.74, 6) is -1.10. The van der Waals surface area contributed by atoms with Gasteiger partial charge in [0.15, 0.2) is 11.5 Å². The number of amides is 2. The van der Waals surface area contributed by atoms with E-state index in [-0.39, 0.29) is 46.0 Å². The number of nitrogens with one attached hydrogen (secondary N) is 1. The van der Waals surface area contributed by atoms with Gasteiger partial charge in [-0.3, -0.25) is 13.9 Å². The van der Waals surface area contributed by atoms with Crippen LogP contribution in [0.1, 0.15) is 30.9 Å². The third-order valence-corrected chi connectivity index (χ3v) is 10.5. The summed E-state index contributed by atoms with van der Waals surface area (Å²) in [7, 11) is -4.47. The van der Waals surface area contributed by atoms with Crippen molar-refractivity contribution in [2.45, 2.75) is 43.7 Å². The highest BCUT2D eigenvalue weighted by Crippen LogP contribution is 2.35. The van der Waals surface area contributed by atoms with Gasteiger partial charge in [-0.1, -0.05) is 72.9 Å². The van der Waals surface area contributed by atoms with Crippen LogP contribution in [0.3, 0.4) is 0 Å². The van der Waals surface area contributed by atoms with E-state index >= 15 is 0 Å². The molecule has 0 fully saturated rings. The van der Waals surface area contributed by atoms with Gasteiger partial charge in [0.25, 0.3) is 10.0 Å². The Morgan fingerprint density at radius 2 is 1.57 bits per heavy atom. The molecule has 5 rings (SSSR count). The van der Waals surface area contributed by atoms with Gasteiger partial charge in [0, 0.05) is 41.2 Å². The quantitative estimate of drug-likeness (QED) is 0.146. The minimum absolute atomic E-state index is 0.0346. The maximum absolute atomic E-state index is 14.6. The Bertz CT molecular complexity index is 1860. The first kappa shape index (κ1) is 36.0. The molecule has 1 N–H and O–H groups in total. The minimum atomic E-state index is -4.47. The van der Waals surface area contributed by atoms with Crippen molar-refractivity contribution in [3.05, 3.63) is 118 Å². The number of hydrogen-bond acceptors (Lipinski definition) is 6. The van der Waals surface area contributed by atoms with Crippen LogP contribution in [0.5, 0.6) is 11.5 Å². The van der Waals surface area contributed by atoms with Gasteiger partial charge in [0.1, 0.15) is 31.6 Å². The lowest BCUT2D eigenvalue weighted by atomic mass is 10.0. The summed E-state index contributed by atoms with van der Waals surface area (Å²) in [6.07, 6.45) is 1.68. The largest absolute Gasteiger partial charge is 0.486 e. The molecule has 4 aromatic carbocycles. The van der Waals surface area contributed by atoms with Gasteiger partial charge in [-0.15, -0.1) is 0 Å². The Morgan fingerprint density at radius 3 is 2.24 bits per heavy atom. The number of carbonyl (C=O) groups is 2. The van der Waals surface area contributed by atoms with Crippen LogP contribution in [0, 0.1) is 5.82 Å². The van der Waals surface area contributed by atoms with Crippen LogP contribution in [-0.4, -0.2) is 57.5 Å². The van der Waals surface area contributed by atoms with Crippen molar-refractivity contribution < 1.29 is 31.9 Å². The molecule has 1 atom stereocenters. The summed E-state index contributed by atoms with van der Waals surface area (Å²) in [6, 6.07) is 21.9. The number of sulfonamides is 1. The molecule has 0 saturated carbocycles. The molecular weight excluding hydrogens is 692 g/mol. The van der Waals surface area contributed by atoms with E-state index in [1.54, 1.807) is 18.2 Å². The maximum Gasteiger partial charge on any atom is 0.264 e. The molecule has 0 saturated heterocycles. The first-order valence-corrected chi connectivity index (χ1v) is 18.0. The molecule has 4 aromatic rings. The average molecular weight is 729 g/mol. The molecular formula is C36H36Cl2FN3O6S. The number of carbonyl (C=O) groups excluding carboxylic acids is 2. The number of benzene rings is 4. The number of rotatable bonds is 14. The van der Waals surface area contributed by atoms with E-state index in [1.165, 1.54) is 35.2 Å². The molecule has 1 aliphatic rings. The van der Waals surface area contributed by atoms with Crippen LogP contribution in [0.25, 0.3) is 0 Å². The zero-order valence-electron chi connectivity index (χ0n) is 26.8. The van der Waals surface area contributed by atoms with Gasteiger partial charge in [0.05, 0.1) is 10.6 Å². The smallest absolute Gasteiger partial charge is 0.264 e. The Hall–Kier alpha value is -4.32. The van der Waals surface area contributed by atoms with Crippen LogP contribution in [0.15, 0.2) is 95.9 Å². The van der Waals surface area contributed by atoms with E-state index in [4.69, 9.17) is 32.7 Å². The van der Waals surface area contributed by atoms with E-state index in [0.717, 1.165) is 34.8 Å². The number of ether oxygens (including phenoxy) is 2. The first-order valence-electron chi connectivity index (χ1n) is 15.8. The van der Waals surface area contributed by atoms with Crippen molar-refractivity contribution in [3.63, 3.8) is 0 Å². The van der Waals surface area contributed by atoms with Crippen LogP contribution >= 0.6 is 23.2 Å². The molecule has 1 heterocycles. The lowest BCUT2D eigenvalue weighted by Crippen LogP contribution is -2.53. The number of unbranched alkanes of at least 4 members (excludes halogenated alkanes) is 1. The number of anilines is 1. The summed E-state index contributed by atoms with van der Waals surface area (Å²) in [5, 5.41) is 3.48. The van der Waals surface area contributed by atoms with E-state index in [0.29, 0.717) is 24.5 Å². The Labute approximate surface area is 295 Å². The summed E-state index contributed by atoms with van der Waals surface area (Å²) in [5.41, 5.74) is 1.20. The number of fused-ring (bicyclic) bond motifs is 1. The fraction of sp³-hybridized carbons (Fsp3) is 0.278. The van der Waals surface area contributed by atoms with Crippen molar-refractivity contribution in [2.24, 2.45) is 0 Å². The molecule has 0 aromatic heterocycles. The SMILES string of the molecule is CCCCNC(=O)[C@H](Cc1ccccc1)N(Cc1c(Cl)cccc1Cl)C(=O)CN(c1ccc(F)cc1)S(=O)(=O)c1ccc2c(c1)OCCO2. The highest BCUT2D eigenvalue weighted by Gasteiger charge is 2.35. The fourth-order valence-electron chi connectivity index (χ4n) is 5.36. The van der Waals surface area contributed by atoms with Crippen molar-refractivity contribution in [1.29, 1.82) is 0 Å². The summed E-state index contributed by atoms with van der Waals surface area (Å²) >= 11 is 13.1. The first-order chi connectivity index (χ1) is 23.6. The molecule has 0 aliphatic carbocycles. The molecule has 0 unspecified atom stereocenters. The zero-order valence-corrected chi connectivity index (χ0v) is 29.1. The summed E-state index contributed by atoms with van der Waals surface area (Å²) in [4.78, 5) is 29.7. The molecule has 2 amide bonds. The normalized spacial score (nSPS) is 13.0. The second-order valence-electron chi connectivity index (χ2n) is 11.4. The van der Waals surface area contributed by atoms with Gasteiger partial charge in [-0.05, 0) is 60.5 Å². The van der Waals surface area contributed by atoms with Crippen LogP contribution in [0.2, 0.25) is 10.0 Å². The van der Waals surface area contributed by atoms with Crippen LogP contribution in [-0.2, 0) is 32.6 Å². The van der Waals surface area contributed by atoms with Crippen LogP contribution in [0.4, 0.5) is 10.1 Å². The van der Waals surface area contributed by atoms with Gasteiger partial charge in [0.2, 0.25) is 11.8 Å². The molecule has 1 aliphatic heterocycles. The highest BCUT2D eigenvalue weighted by molar-refractivity contribution is 7.92. The minimum Gasteiger partial charge on any atom is -0.486 e. The second-order valence-corrected chi connectivity index (χ2v) is 14.0. The lowest BCUT2D eigenvalue weighted by Gasteiger charge is -2.34. The van der Waals surface area contributed by atoms with Crippen LogP contribution < -0.4 is 19.1 Å². The molecule has 13 heteroatoms. The van der Waals surface area contributed by atoms with Crippen molar-refractivity contribution in [1.82, 2.24) is 10.2 Å². The van der Waals surface area contributed by atoms with Gasteiger partial charge in [-0.25, -0.2) is 12.8 Å². The number of nitrogens with zero attached hydrogens (tertiary/aromatic N) is 2. The second kappa shape index (κ2) is 16.4. The van der Waals surface area contributed by atoms with Gasteiger partial charge >= 0.3 is 0 Å².